The quantitative estimate of drug-likeness (QED) is 0.387. The number of nitrogens with zero attached hydrogens (tertiary/aromatic N) is 3. The first-order valence-corrected chi connectivity index (χ1v) is 11.1. The molecule has 9 nitrogen and oxygen atoms in total. The second-order valence-electron chi connectivity index (χ2n) is 8.91. The molecule has 180 valence electrons. The first-order chi connectivity index (χ1) is 16.6. The number of aryl methyl sites for hydroxylation is 1. The number of nitrogens with one attached hydrogen (secondary N) is 2. The van der Waals surface area contributed by atoms with Crippen molar-refractivity contribution < 1.29 is 19.1 Å². The van der Waals surface area contributed by atoms with Gasteiger partial charge in [-0.1, -0.05) is 6.07 Å². The van der Waals surface area contributed by atoms with E-state index in [1.165, 1.54) is 6.20 Å². The van der Waals surface area contributed by atoms with Crippen molar-refractivity contribution in [2.75, 3.05) is 12.4 Å². The number of hydrogen-bond acceptors (Lipinski definition) is 7. The van der Waals surface area contributed by atoms with Gasteiger partial charge in [0.1, 0.15) is 22.8 Å². The van der Waals surface area contributed by atoms with Crippen LogP contribution in [0.5, 0.6) is 11.5 Å². The van der Waals surface area contributed by atoms with E-state index in [0.717, 1.165) is 11.0 Å². The molecule has 0 unspecified atom stereocenters. The molecule has 2 heterocycles. The SMILES string of the molecule is CNC(=O)c1cc(Oc2ccc3c(c2)nc(Nc2cccc(C(=O)OC(C)(C)C)c2)n3C)ccn1. The number of benzene rings is 2. The van der Waals surface area contributed by atoms with E-state index < -0.39 is 5.60 Å². The lowest BCUT2D eigenvalue weighted by Gasteiger charge is -2.19. The summed E-state index contributed by atoms with van der Waals surface area (Å²) in [6.45, 7) is 5.50. The van der Waals surface area contributed by atoms with Gasteiger partial charge in [0.15, 0.2) is 0 Å². The summed E-state index contributed by atoms with van der Waals surface area (Å²) < 4.78 is 13.3. The summed E-state index contributed by atoms with van der Waals surface area (Å²) in [6.07, 6.45) is 1.52. The van der Waals surface area contributed by atoms with Crippen molar-refractivity contribution in [1.29, 1.82) is 0 Å². The van der Waals surface area contributed by atoms with Crippen LogP contribution in [0, 0.1) is 0 Å². The molecule has 0 aliphatic heterocycles. The zero-order chi connectivity index (χ0) is 25.2. The van der Waals surface area contributed by atoms with Crippen molar-refractivity contribution in [2.24, 2.45) is 7.05 Å². The average Bonchev–Trinajstić information content (AvgIpc) is 3.12. The Labute approximate surface area is 203 Å². The Morgan fingerprint density at radius 3 is 2.51 bits per heavy atom. The summed E-state index contributed by atoms with van der Waals surface area (Å²) in [7, 11) is 3.44. The van der Waals surface area contributed by atoms with Gasteiger partial charge in [-0.3, -0.25) is 9.78 Å². The largest absolute Gasteiger partial charge is 0.457 e. The Morgan fingerprint density at radius 2 is 1.77 bits per heavy atom. The number of carbonyl (C=O) groups is 2. The standard InChI is InChI=1S/C26H27N5O4/c1-26(2,3)35-24(33)16-7-6-8-17(13-16)29-25-30-20-14-18(9-10-22(20)31(25)5)34-19-11-12-28-21(15-19)23(32)27-4/h6-15H,1-5H3,(H,27,32)(H,29,30). The summed E-state index contributed by atoms with van der Waals surface area (Å²) in [6, 6.07) is 15.9. The number of carbonyl (C=O) groups excluding carboxylic acids is 2. The maximum absolute atomic E-state index is 12.4. The van der Waals surface area contributed by atoms with Crippen molar-refractivity contribution in [3.05, 3.63) is 72.1 Å². The fraction of sp³-hybridized carbons (Fsp3) is 0.231. The van der Waals surface area contributed by atoms with Crippen LogP contribution < -0.4 is 15.4 Å². The molecule has 2 aromatic heterocycles. The van der Waals surface area contributed by atoms with Gasteiger partial charge in [0, 0.05) is 38.1 Å². The lowest BCUT2D eigenvalue weighted by atomic mass is 10.1. The highest BCUT2D eigenvalue weighted by molar-refractivity contribution is 5.92. The van der Waals surface area contributed by atoms with Crippen LogP contribution in [-0.4, -0.2) is 39.1 Å². The van der Waals surface area contributed by atoms with Crippen molar-refractivity contribution >= 4 is 34.5 Å². The van der Waals surface area contributed by atoms with Gasteiger partial charge in [0.25, 0.3) is 5.91 Å². The van der Waals surface area contributed by atoms with Gasteiger partial charge < -0.3 is 24.7 Å². The minimum atomic E-state index is -0.571. The minimum absolute atomic E-state index is 0.268. The molecule has 0 saturated heterocycles. The van der Waals surface area contributed by atoms with Crippen molar-refractivity contribution in [3.8, 4) is 11.5 Å². The molecule has 4 rings (SSSR count). The van der Waals surface area contributed by atoms with E-state index in [0.29, 0.717) is 28.7 Å². The molecule has 0 aliphatic carbocycles. The minimum Gasteiger partial charge on any atom is -0.457 e. The number of imidazole rings is 1. The van der Waals surface area contributed by atoms with Crippen LogP contribution in [0.1, 0.15) is 41.6 Å². The van der Waals surface area contributed by atoms with Gasteiger partial charge >= 0.3 is 5.97 Å². The second-order valence-corrected chi connectivity index (χ2v) is 8.91. The van der Waals surface area contributed by atoms with Crippen molar-refractivity contribution in [3.63, 3.8) is 0 Å². The van der Waals surface area contributed by atoms with Crippen LogP contribution in [0.3, 0.4) is 0 Å². The normalized spacial score (nSPS) is 11.2. The highest BCUT2D eigenvalue weighted by Gasteiger charge is 2.18. The molecule has 4 aromatic rings. The van der Waals surface area contributed by atoms with E-state index in [4.69, 9.17) is 9.47 Å². The summed E-state index contributed by atoms with van der Waals surface area (Å²) in [5.74, 6) is 0.990. The zero-order valence-corrected chi connectivity index (χ0v) is 20.2. The molecule has 0 spiro atoms. The molecule has 1 amide bonds. The van der Waals surface area contributed by atoms with Gasteiger partial charge in [-0.2, -0.15) is 0 Å². The summed E-state index contributed by atoms with van der Waals surface area (Å²) >= 11 is 0. The molecule has 2 aromatic carbocycles. The first kappa shape index (κ1) is 23.7. The lowest BCUT2D eigenvalue weighted by molar-refractivity contribution is 0.00694. The fourth-order valence-corrected chi connectivity index (χ4v) is 3.41. The maximum Gasteiger partial charge on any atom is 0.338 e. The smallest absolute Gasteiger partial charge is 0.338 e. The number of rotatable bonds is 6. The maximum atomic E-state index is 12.4. The molecule has 0 bridgehead atoms. The number of amides is 1. The van der Waals surface area contributed by atoms with Gasteiger partial charge in [0.05, 0.1) is 16.6 Å². The predicted molar refractivity (Wildman–Crippen MR) is 133 cm³/mol. The third-order valence-corrected chi connectivity index (χ3v) is 5.03. The number of ether oxygens (including phenoxy) is 2. The van der Waals surface area contributed by atoms with Crippen LogP contribution in [-0.2, 0) is 11.8 Å². The first-order valence-electron chi connectivity index (χ1n) is 11.1. The third-order valence-electron chi connectivity index (χ3n) is 5.03. The number of aromatic nitrogens is 3. The van der Waals surface area contributed by atoms with E-state index in [2.05, 4.69) is 20.6 Å². The van der Waals surface area contributed by atoms with E-state index in [-0.39, 0.29) is 17.6 Å². The molecule has 0 fully saturated rings. The van der Waals surface area contributed by atoms with Crippen LogP contribution in [0.15, 0.2) is 60.8 Å². The fourth-order valence-electron chi connectivity index (χ4n) is 3.41. The third kappa shape index (κ3) is 5.57. The highest BCUT2D eigenvalue weighted by atomic mass is 16.6. The molecular weight excluding hydrogens is 446 g/mol. The number of esters is 1. The number of fused-ring (bicyclic) bond motifs is 1. The molecule has 2 N–H and O–H groups in total. The van der Waals surface area contributed by atoms with Gasteiger partial charge in [-0.25, -0.2) is 9.78 Å². The van der Waals surface area contributed by atoms with E-state index >= 15 is 0 Å². The van der Waals surface area contributed by atoms with Gasteiger partial charge in [-0.15, -0.1) is 0 Å². The summed E-state index contributed by atoms with van der Waals surface area (Å²) in [5, 5.41) is 5.81. The van der Waals surface area contributed by atoms with Crippen molar-refractivity contribution in [1.82, 2.24) is 19.9 Å². The Hall–Kier alpha value is -4.40. The predicted octanol–water partition coefficient (Wildman–Crippen LogP) is 4.82. The molecule has 0 radical (unpaired) electrons. The summed E-state index contributed by atoms with van der Waals surface area (Å²) in [4.78, 5) is 33.0. The van der Waals surface area contributed by atoms with Crippen LogP contribution in [0.2, 0.25) is 0 Å². The average molecular weight is 474 g/mol. The number of anilines is 2. The molecule has 0 atom stereocenters. The second kappa shape index (κ2) is 9.46. The highest BCUT2D eigenvalue weighted by Crippen LogP contribution is 2.28. The van der Waals surface area contributed by atoms with E-state index in [9.17, 15) is 9.59 Å². The van der Waals surface area contributed by atoms with Crippen LogP contribution in [0.4, 0.5) is 11.6 Å². The molecule has 0 aliphatic rings. The van der Waals surface area contributed by atoms with Gasteiger partial charge in [-0.05, 0) is 57.2 Å². The van der Waals surface area contributed by atoms with Crippen LogP contribution in [0.25, 0.3) is 11.0 Å². The van der Waals surface area contributed by atoms with Gasteiger partial charge in [0.2, 0.25) is 5.95 Å². The number of pyridine rings is 1. The Kier molecular flexibility index (Phi) is 6.42. The van der Waals surface area contributed by atoms with Crippen molar-refractivity contribution in [2.45, 2.75) is 26.4 Å². The molecule has 9 heteroatoms. The Morgan fingerprint density at radius 1 is 1.00 bits per heavy atom. The lowest BCUT2D eigenvalue weighted by Crippen LogP contribution is -2.23. The molecule has 0 saturated carbocycles. The Balaban J connectivity index is 1.55. The molecule has 35 heavy (non-hydrogen) atoms. The Bertz CT molecular complexity index is 1400. The van der Waals surface area contributed by atoms with E-state index in [1.807, 2.05) is 56.7 Å². The van der Waals surface area contributed by atoms with Crippen LogP contribution >= 0.6 is 0 Å². The number of hydrogen-bond donors (Lipinski definition) is 2. The zero-order valence-electron chi connectivity index (χ0n) is 20.2. The van der Waals surface area contributed by atoms with E-state index in [1.54, 1.807) is 37.4 Å². The summed E-state index contributed by atoms with van der Waals surface area (Å²) in [5.41, 5.74) is 2.47. The topological polar surface area (TPSA) is 107 Å². The molecular formula is C26H27N5O4. The monoisotopic (exact) mass is 473 g/mol.